The molecular formula is C21H24ClNO2. The van der Waals surface area contributed by atoms with Gasteiger partial charge in [-0.25, -0.2) is 0 Å². The Balaban J connectivity index is 1.67. The number of hydrogen-bond acceptors (Lipinski definition) is 3. The molecule has 2 N–H and O–H groups in total. The molecule has 1 saturated carbocycles. The highest BCUT2D eigenvalue weighted by Crippen LogP contribution is 2.53. The van der Waals surface area contributed by atoms with Crippen molar-refractivity contribution in [2.75, 3.05) is 6.61 Å². The third-order valence-corrected chi connectivity index (χ3v) is 5.20. The van der Waals surface area contributed by atoms with E-state index in [1.54, 1.807) is 0 Å². The Hall–Kier alpha value is -1.84. The molecule has 0 spiro atoms. The van der Waals surface area contributed by atoms with E-state index in [0.29, 0.717) is 18.9 Å². The zero-order valence-corrected chi connectivity index (χ0v) is 15.4. The van der Waals surface area contributed by atoms with Crippen LogP contribution in [0.5, 0.6) is 0 Å². The van der Waals surface area contributed by atoms with Crippen LogP contribution in [-0.2, 0) is 9.53 Å². The van der Waals surface area contributed by atoms with E-state index in [0.717, 1.165) is 22.6 Å². The Morgan fingerprint density at radius 2 is 2.00 bits per heavy atom. The highest BCUT2D eigenvalue weighted by molar-refractivity contribution is 6.30. The van der Waals surface area contributed by atoms with E-state index in [1.165, 1.54) is 5.56 Å². The summed E-state index contributed by atoms with van der Waals surface area (Å²) in [5.74, 6) is -0.0206. The van der Waals surface area contributed by atoms with Crippen LogP contribution in [0.25, 0.3) is 11.1 Å². The quantitative estimate of drug-likeness (QED) is 0.757. The maximum atomic E-state index is 11.8. The molecule has 1 fully saturated rings. The fourth-order valence-electron chi connectivity index (χ4n) is 3.51. The molecule has 1 aliphatic rings. The van der Waals surface area contributed by atoms with Gasteiger partial charge in [-0.05, 0) is 48.6 Å². The second-order valence-corrected chi connectivity index (χ2v) is 7.42. The van der Waals surface area contributed by atoms with Gasteiger partial charge in [0.2, 0.25) is 0 Å². The highest BCUT2D eigenvalue weighted by Gasteiger charge is 2.52. The predicted octanol–water partition coefficient (Wildman–Crippen LogP) is 4.78. The summed E-state index contributed by atoms with van der Waals surface area (Å²) in [5.41, 5.74) is 9.66. The SMILES string of the molecule is CCOC(=O)[C@H](C)CC1(N)CC1c1ccc(-c2cccc(Cl)c2)cc1. The van der Waals surface area contributed by atoms with Gasteiger partial charge < -0.3 is 10.5 Å². The number of esters is 1. The minimum absolute atomic E-state index is 0.158. The lowest BCUT2D eigenvalue weighted by atomic mass is 9.95. The van der Waals surface area contributed by atoms with Gasteiger partial charge >= 0.3 is 5.97 Å². The van der Waals surface area contributed by atoms with Crippen molar-refractivity contribution in [3.63, 3.8) is 0 Å². The molecule has 0 radical (unpaired) electrons. The molecule has 3 nitrogen and oxygen atoms in total. The van der Waals surface area contributed by atoms with Crippen LogP contribution in [0.4, 0.5) is 0 Å². The molecule has 2 aromatic carbocycles. The minimum Gasteiger partial charge on any atom is -0.466 e. The normalized spacial score (nSPS) is 23.1. The summed E-state index contributed by atoms with van der Waals surface area (Å²) in [5, 5.41) is 0.734. The summed E-state index contributed by atoms with van der Waals surface area (Å²) in [6.07, 6.45) is 1.57. The molecule has 3 atom stereocenters. The Labute approximate surface area is 154 Å². The second-order valence-electron chi connectivity index (χ2n) is 6.98. The third-order valence-electron chi connectivity index (χ3n) is 4.96. The molecule has 2 unspecified atom stereocenters. The van der Waals surface area contributed by atoms with Crippen LogP contribution in [0.15, 0.2) is 48.5 Å². The van der Waals surface area contributed by atoms with Gasteiger partial charge in [0.1, 0.15) is 0 Å². The van der Waals surface area contributed by atoms with Crippen molar-refractivity contribution >= 4 is 17.6 Å². The van der Waals surface area contributed by atoms with Crippen LogP contribution in [0.2, 0.25) is 5.02 Å². The van der Waals surface area contributed by atoms with Gasteiger partial charge in [0.05, 0.1) is 12.5 Å². The lowest BCUT2D eigenvalue weighted by Gasteiger charge is -2.17. The molecule has 0 saturated heterocycles. The first kappa shape index (κ1) is 18.0. The molecule has 4 heteroatoms. The van der Waals surface area contributed by atoms with Gasteiger partial charge in [-0.1, -0.05) is 54.9 Å². The summed E-state index contributed by atoms with van der Waals surface area (Å²) in [4.78, 5) is 11.8. The van der Waals surface area contributed by atoms with E-state index in [1.807, 2.05) is 38.1 Å². The standard InChI is InChI=1S/C21H24ClNO2/c1-3-25-20(24)14(2)12-21(23)13-19(21)16-9-7-15(8-10-16)17-5-4-6-18(22)11-17/h4-11,14,19H,3,12-13,23H2,1-2H3/t14-,19?,21?/m1/s1. The summed E-state index contributed by atoms with van der Waals surface area (Å²) in [6.45, 7) is 4.13. The lowest BCUT2D eigenvalue weighted by molar-refractivity contribution is -0.147. The van der Waals surface area contributed by atoms with Gasteiger partial charge in [-0.2, -0.15) is 0 Å². The van der Waals surface area contributed by atoms with E-state index in [2.05, 4.69) is 24.3 Å². The number of hydrogen-bond donors (Lipinski definition) is 1. The summed E-state index contributed by atoms with van der Waals surface area (Å²) >= 11 is 6.07. The second kappa shape index (κ2) is 7.19. The number of nitrogens with two attached hydrogens (primary N) is 1. The van der Waals surface area contributed by atoms with Crippen LogP contribution in [-0.4, -0.2) is 18.1 Å². The van der Waals surface area contributed by atoms with Crippen LogP contribution in [0.3, 0.4) is 0 Å². The van der Waals surface area contributed by atoms with Crippen molar-refractivity contribution in [2.24, 2.45) is 11.7 Å². The minimum atomic E-state index is -0.302. The van der Waals surface area contributed by atoms with Gasteiger partial charge in [-0.3, -0.25) is 4.79 Å². The largest absolute Gasteiger partial charge is 0.466 e. The number of halogens is 1. The first-order chi connectivity index (χ1) is 11.9. The number of ether oxygens (including phenoxy) is 1. The Morgan fingerprint density at radius 1 is 1.28 bits per heavy atom. The average Bonchev–Trinajstić information content (AvgIpc) is 3.26. The van der Waals surface area contributed by atoms with E-state index in [4.69, 9.17) is 22.1 Å². The van der Waals surface area contributed by atoms with Crippen molar-refractivity contribution < 1.29 is 9.53 Å². The van der Waals surface area contributed by atoms with E-state index >= 15 is 0 Å². The average molecular weight is 358 g/mol. The number of carbonyl (C=O) groups excluding carboxylic acids is 1. The molecule has 1 aliphatic carbocycles. The first-order valence-electron chi connectivity index (χ1n) is 8.74. The van der Waals surface area contributed by atoms with Crippen molar-refractivity contribution in [2.45, 2.75) is 38.1 Å². The van der Waals surface area contributed by atoms with Crippen molar-refractivity contribution in [1.82, 2.24) is 0 Å². The first-order valence-corrected chi connectivity index (χ1v) is 9.12. The zero-order chi connectivity index (χ0) is 18.0. The fraction of sp³-hybridized carbons (Fsp3) is 0.381. The molecule has 2 aromatic rings. The Morgan fingerprint density at radius 3 is 2.64 bits per heavy atom. The van der Waals surface area contributed by atoms with E-state index < -0.39 is 0 Å². The van der Waals surface area contributed by atoms with E-state index in [9.17, 15) is 4.79 Å². The summed E-state index contributed by atoms with van der Waals surface area (Å²) < 4.78 is 5.09. The van der Waals surface area contributed by atoms with Crippen LogP contribution in [0.1, 0.15) is 38.2 Å². The Kier molecular flexibility index (Phi) is 5.16. The highest BCUT2D eigenvalue weighted by atomic mass is 35.5. The monoisotopic (exact) mass is 357 g/mol. The van der Waals surface area contributed by atoms with Crippen molar-refractivity contribution in [3.05, 3.63) is 59.1 Å². The fourth-order valence-corrected chi connectivity index (χ4v) is 3.70. The Bertz CT molecular complexity index is 759. The third kappa shape index (κ3) is 4.05. The van der Waals surface area contributed by atoms with Gasteiger partial charge in [0, 0.05) is 16.5 Å². The van der Waals surface area contributed by atoms with Crippen molar-refractivity contribution in [3.8, 4) is 11.1 Å². The lowest BCUT2D eigenvalue weighted by Crippen LogP contribution is -2.30. The number of carbonyl (C=O) groups is 1. The van der Waals surface area contributed by atoms with Crippen LogP contribution in [0, 0.1) is 5.92 Å². The molecule has 132 valence electrons. The maximum Gasteiger partial charge on any atom is 0.308 e. The molecule has 0 amide bonds. The predicted molar refractivity (Wildman–Crippen MR) is 102 cm³/mol. The van der Waals surface area contributed by atoms with Gasteiger partial charge in [0.15, 0.2) is 0 Å². The summed E-state index contributed by atoms with van der Waals surface area (Å²) in [7, 11) is 0. The topological polar surface area (TPSA) is 52.3 Å². The molecule has 0 aliphatic heterocycles. The van der Waals surface area contributed by atoms with Crippen LogP contribution < -0.4 is 5.73 Å². The zero-order valence-electron chi connectivity index (χ0n) is 14.7. The smallest absolute Gasteiger partial charge is 0.308 e. The number of rotatable bonds is 6. The molecule has 3 rings (SSSR count). The summed E-state index contributed by atoms with van der Waals surface area (Å²) in [6, 6.07) is 16.3. The maximum absolute atomic E-state index is 11.8. The van der Waals surface area contributed by atoms with E-state index in [-0.39, 0.29) is 17.4 Å². The molecule has 0 heterocycles. The van der Waals surface area contributed by atoms with Crippen LogP contribution >= 0.6 is 11.6 Å². The number of benzene rings is 2. The molecule has 0 aromatic heterocycles. The molecular weight excluding hydrogens is 334 g/mol. The molecule has 0 bridgehead atoms. The van der Waals surface area contributed by atoms with Gasteiger partial charge in [0.25, 0.3) is 0 Å². The molecule has 25 heavy (non-hydrogen) atoms. The van der Waals surface area contributed by atoms with Crippen molar-refractivity contribution in [1.29, 1.82) is 0 Å². The van der Waals surface area contributed by atoms with Gasteiger partial charge in [-0.15, -0.1) is 0 Å².